The van der Waals surface area contributed by atoms with Gasteiger partial charge in [-0.05, 0) is 44.9 Å². The smallest absolute Gasteiger partial charge is 0.242 e. The third-order valence-corrected chi connectivity index (χ3v) is 8.16. The maximum atomic E-state index is 13.0. The highest BCUT2D eigenvalue weighted by Gasteiger charge is 2.21. The Morgan fingerprint density at radius 1 is 0.490 bits per heavy atom. The van der Waals surface area contributed by atoms with Crippen LogP contribution in [0, 0.1) is 0 Å². The molecule has 0 aromatic rings. The van der Waals surface area contributed by atoms with Crippen LogP contribution in [0.3, 0.4) is 0 Å². The molecule has 284 valence electrons. The maximum absolute atomic E-state index is 13.0. The molecule has 0 unspecified atom stereocenters. The molecule has 0 bridgehead atoms. The van der Waals surface area contributed by atoms with Crippen LogP contribution >= 0.6 is 0 Å². The molecule has 12 N–H and O–H groups in total. The van der Waals surface area contributed by atoms with E-state index in [2.05, 4.69) is 45.1 Å². The van der Waals surface area contributed by atoms with Crippen LogP contribution in [0.5, 0.6) is 0 Å². The molecule has 0 heterocycles. The number of nitrogens with zero attached hydrogens (tertiary/aromatic N) is 2. The molecule has 0 aromatic carbocycles. The lowest BCUT2D eigenvalue weighted by molar-refractivity contribution is -0.129. The highest BCUT2D eigenvalue weighted by molar-refractivity contribution is 5.88. The van der Waals surface area contributed by atoms with Crippen molar-refractivity contribution in [3.05, 3.63) is 0 Å². The number of hydrogen-bond acceptors (Lipinski definition) is 6. The summed E-state index contributed by atoms with van der Waals surface area (Å²) in [7, 11) is 0. The van der Waals surface area contributed by atoms with Crippen LogP contribution in [0.25, 0.3) is 0 Å². The minimum Gasteiger partial charge on any atom is -0.370 e. The summed E-state index contributed by atoms with van der Waals surface area (Å²) in [5.41, 5.74) is 21.6. The fourth-order valence-corrected chi connectivity index (χ4v) is 5.32. The molecule has 49 heavy (non-hydrogen) atoms. The van der Waals surface area contributed by atoms with E-state index < -0.39 is 12.1 Å². The fraction of sp³-hybridized carbons (Fsp3) is 0.829. The molecule has 0 aromatic heterocycles. The van der Waals surface area contributed by atoms with Gasteiger partial charge in [0.1, 0.15) is 12.1 Å². The molecule has 0 aliphatic rings. The van der Waals surface area contributed by atoms with Gasteiger partial charge in [-0.2, -0.15) is 0 Å². The van der Waals surface area contributed by atoms with E-state index in [0.29, 0.717) is 71.1 Å². The number of unbranched alkanes of at least 4 members (excludes halogenated alkanes) is 12. The van der Waals surface area contributed by atoms with Crippen molar-refractivity contribution in [2.75, 3.05) is 26.2 Å². The average molecular weight is 695 g/mol. The van der Waals surface area contributed by atoms with Crippen molar-refractivity contribution in [2.45, 2.75) is 161 Å². The van der Waals surface area contributed by atoms with Crippen LogP contribution in [0.1, 0.15) is 149 Å². The summed E-state index contributed by atoms with van der Waals surface area (Å²) in [6.07, 6.45) is 18.5. The third kappa shape index (κ3) is 29.1. The van der Waals surface area contributed by atoms with Gasteiger partial charge in [-0.1, -0.05) is 90.9 Å². The maximum Gasteiger partial charge on any atom is 0.242 e. The molecule has 0 aliphatic heterocycles. The van der Waals surface area contributed by atoms with E-state index in [4.69, 9.17) is 22.9 Å². The lowest BCUT2D eigenvalue weighted by Gasteiger charge is -2.19. The van der Waals surface area contributed by atoms with Crippen LogP contribution in [0.4, 0.5) is 0 Å². The Hall–Kier alpha value is -3.58. The van der Waals surface area contributed by atoms with Crippen LogP contribution in [0.15, 0.2) is 9.98 Å². The van der Waals surface area contributed by atoms with Crippen molar-refractivity contribution < 1.29 is 19.2 Å². The summed E-state index contributed by atoms with van der Waals surface area (Å²) in [6, 6.07) is -1.41. The number of amides is 4. The Labute approximate surface area is 295 Å². The molecule has 0 radical (unpaired) electrons. The minimum atomic E-state index is -0.706. The molecule has 2 atom stereocenters. The van der Waals surface area contributed by atoms with Crippen molar-refractivity contribution in [3.8, 4) is 0 Å². The quantitative estimate of drug-likeness (QED) is 0.0295. The minimum absolute atomic E-state index is 0.0187. The Bertz CT molecular complexity index is 879. The second-order valence-corrected chi connectivity index (χ2v) is 12.8. The SMILES string of the molecule is CCCCCCCCCC(=O)N[C@@H](CCCN=C(N)N)C(=O)NCCCNC(=O)[C@H](CCCN=C(N)N)NC(=O)CCCCCCCCC. The number of carbonyl (C=O) groups excluding carboxylic acids is 4. The molecule has 0 saturated carbocycles. The van der Waals surface area contributed by atoms with Crippen LogP contribution in [-0.4, -0.2) is 73.8 Å². The molecule has 14 nitrogen and oxygen atoms in total. The molecular formula is C35H70N10O4. The molecule has 0 rings (SSSR count). The van der Waals surface area contributed by atoms with E-state index in [1.165, 1.54) is 51.4 Å². The number of nitrogens with two attached hydrogens (primary N) is 4. The van der Waals surface area contributed by atoms with Gasteiger partial charge in [-0.25, -0.2) is 0 Å². The van der Waals surface area contributed by atoms with Gasteiger partial charge in [-0.3, -0.25) is 29.2 Å². The van der Waals surface area contributed by atoms with Crippen molar-refractivity contribution >= 4 is 35.5 Å². The first-order valence-corrected chi connectivity index (χ1v) is 18.9. The number of hydrogen-bond donors (Lipinski definition) is 8. The number of aliphatic imine (C=N–C) groups is 2. The zero-order chi connectivity index (χ0) is 36.5. The predicted octanol–water partition coefficient (Wildman–Crippen LogP) is 2.97. The zero-order valence-electron chi connectivity index (χ0n) is 30.7. The number of carbonyl (C=O) groups is 4. The van der Waals surface area contributed by atoms with Crippen LogP contribution in [-0.2, 0) is 19.2 Å². The number of nitrogens with one attached hydrogen (secondary N) is 4. The number of rotatable bonds is 32. The summed E-state index contributed by atoms with van der Waals surface area (Å²) < 4.78 is 0. The van der Waals surface area contributed by atoms with Crippen molar-refractivity contribution in [2.24, 2.45) is 32.9 Å². The molecule has 0 saturated heterocycles. The van der Waals surface area contributed by atoms with Gasteiger partial charge in [-0.15, -0.1) is 0 Å². The largest absolute Gasteiger partial charge is 0.370 e. The van der Waals surface area contributed by atoms with Gasteiger partial charge in [0, 0.05) is 39.0 Å². The van der Waals surface area contributed by atoms with Gasteiger partial charge in [0.05, 0.1) is 0 Å². The van der Waals surface area contributed by atoms with E-state index in [9.17, 15) is 19.2 Å². The van der Waals surface area contributed by atoms with Crippen LogP contribution < -0.4 is 44.2 Å². The lowest BCUT2D eigenvalue weighted by Crippen LogP contribution is -2.48. The van der Waals surface area contributed by atoms with Crippen LogP contribution in [0.2, 0.25) is 0 Å². The monoisotopic (exact) mass is 695 g/mol. The Kier molecular flexibility index (Phi) is 29.4. The Morgan fingerprint density at radius 2 is 0.837 bits per heavy atom. The highest BCUT2D eigenvalue weighted by atomic mass is 16.2. The fourth-order valence-electron chi connectivity index (χ4n) is 5.32. The summed E-state index contributed by atoms with van der Waals surface area (Å²) in [4.78, 5) is 59.2. The first-order valence-electron chi connectivity index (χ1n) is 18.9. The van der Waals surface area contributed by atoms with E-state index in [1.807, 2.05) is 0 Å². The predicted molar refractivity (Wildman–Crippen MR) is 200 cm³/mol. The Morgan fingerprint density at radius 3 is 1.18 bits per heavy atom. The summed E-state index contributed by atoms with van der Waals surface area (Å²) in [5.74, 6) is -0.923. The highest BCUT2D eigenvalue weighted by Crippen LogP contribution is 2.10. The van der Waals surface area contributed by atoms with Crippen molar-refractivity contribution in [3.63, 3.8) is 0 Å². The summed E-state index contributed by atoms with van der Waals surface area (Å²) in [6.45, 7) is 5.69. The molecule has 0 spiro atoms. The van der Waals surface area contributed by atoms with E-state index in [-0.39, 0.29) is 35.5 Å². The van der Waals surface area contributed by atoms with Gasteiger partial charge in [0.2, 0.25) is 23.6 Å². The number of guanidine groups is 2. The normalized spacial score (nSPS) is 12.0. The summed E-state index contributed by atoms with van der Waals surface area (Å²) >= 11 is 0. The standard InChI is InChI=1S/C35H70N10O4/c1-3-5-7-9-11-13-15-22-30(46)44-28(20-17-24-42-34(36)37)32(48)40-26-19-27-41-33(49)29(21-18-25-43-35(38)39)45-31(47)23-16-14-12-10-8-6-4-2/h28-29H,3-27H2,1-2H3,(H,40,48)(H,41,49)(H,44,46)(H,45,47)(H4,36,37,42)(H4,38,39,43)/t28-,29-/m0/s1. The molecule has 0 fully saturated rings. The van der Waals surface area contributed by atoms with Gasteiger partial charge in [0.15, 0.2) is 11.9 Å². The van der Waals surface area contributed by atoms with E-state index in [0.717, 1.165) is 38.5 Å². The van der Waals surface area contributed by atoms with E-state index in [1.54, 1.807) is 0 Å². The lowest BCUT2D eigenvalue weighted by atomic mass is 10.1. The second kappa shape index (κ2) is 31.7. The van der Waals surface area contributed by atoms with Gasteiger partial charge in [0.25, 0.3) is 0 Å². The Balaban J connectivity index is 4.80. The second-order valence-electron chi connectivity index (χ2n) is 12.8. The average Bonchev–Trinajstić information content (AvgIpc) is 3.06. The molecular weight excluding hydrogens is 624 g/mol. The first-order chi connectivity index (χ1) is 23.6. The molecule has 4 amide bonds. The van der Waals surface area contributed by atoms with Gasteiger partial charge < -0.3 is 44.2 Å². The molecule has 0 aliphatic carbocycles. The topological polar surface area (TPSA) is 245 Å². The van der Waals surface area contributed by atoms with Gasteiger partial charge >= 0.3 is 0 Å². The zero-order valence-corrected chi connectivity index (χ0v) is 30.7. The van der Waals surface area contributed by atoms with Crippen molar-refractivity contribution in [1.82, 2.24) is 21.3 Å². The van der Waals surface area contributed by atoms with Crippen molar-refractivity contribution in [1.29, 1.82) is 0 Å². The van der Waals surface area contributed by atoms with E-state index >= 15 is 0 Å². The third-order valence-electron chi connectivity index (χ3n) is 8.16. The molecule has 14 heteroatoms. The first kappa shape index (κ1) is 45.4. The summed E-state index contributed by atoms with van der Waals surface area (Å²) in [5, 5.41) is 11.5.